The second-order valence-electron chi connectivity index (χ2n) is 5.11. The van der Waals surface area contributed by atoms with Crippen LogP contribution in [0.3, 0.4) is 0 Å². The molecule has 1 aliphatic rings. The van der Waals surface area contributed by atoms with Gasteiger partial charge in [0.25, 0.3) is 6.43 Å². The highest BCUT2D eigenvalue weighted by Gasteiger charge is 2.46. The van der Waals surface area contributed by atoms with Gasteiger partial charge in [-0.1, -0.05) is 13.3 Å². The van der Waals surface area contributed by atoms with Crippen LogP contribution in [0.1, 0.15) is 39.0 Å². The van der Waals surface area contributed by atoms with Gasteiger partial charge >= 0.3 is 0 Å². The molecule has 1 saturated carbocycles. The van der Waals surface area contributed by atoms with Gasteiger partial charge in [-0.15, -0.1) is 0 Å². The van der Waals surface area contributed by atoms with Crippen LogP contribution in [0.2, 0.25) is 0 Å². The SMILES string of the molecule is CCCNC1(C(N)=O)CCCC1CCOCC(F)F. The third kappa shape index (κ3) is 4.38. The molecule has 3 N–H and O–H groups in total. The summed E-state index contributed by atoms with van der Waals surface area (Å²) in [6.07, 6.45) is 1.61. The predicted octanol–water partition coefficient (Wildman–Crippen LogP) is 1.68. The zero-order valence-electron chi connectivity index (χ0n) is 11.5. The number of halogens is 2. The number of hydrogen-bond donors (Lipinski definition) is 2. The minimum Gasteiger partial charge on any atom is -0.376 e. The molecule has 4 nitrogen and oxygen atoms in total. The van der Waals surface area contributed by atoms with Crippen molar-refractivity contribution >= 4 is 5.91 Å². The lowest BCUT2D eigenvalue weighted by Crippen LogP contribution is -2.58. The van der Waals surface area contributed by atoms with Gasteiger partial charge in [-0.05, 0) is 38.1 Å². The Bertz CT molecular complexity index is 290. The number of primary amides is 1. The first-order valence-electron chi connectivity index (χ1n) is 6.93. The summed E-state index contributed by atoms with van der Waals surface area (Å²) in [5, 5.41) is 3.27. The number of amides is 1. The van der Waals surface area contributed by atoms with Crippen molar-refractivity contribution in [3.8, 4) is 0 Å². The molecule has 112 valence electrons. The van der Waals surface area contributed by atoms with Crippen molar-refractivity contribution < 1.29 is 18.3 Å². The van der Waals surface area contributed by atoms with Gasteiger partial charge in [0, 0.05) is 6.61 Å². The molecule has 2 unspecified atom stereocenters. The van der Waals surface area contributed by atoms with Gasteiger partial charge in [0.1, 0.15) is 12.1 Å². The average molecular weight is 278 g/mol. The smallest absolute Gasteiger partial charge is 0.261 e. The van der Waals surface area contributed by atoms with Crippen molar-refractivity contribution in [3.05, 3.63) is 0 Å². The van der Waals surface area contributed by atoms with E-state index in [1.165, 1.54) is 0 Å². The normalized spacial score (nSPS) is 27.1. The molecule has 1 rings (SSSR count). The van der Waals surface area contributed by atoms with Crippen molar-refractivity contribution in [1.29, 1.82) is 0 Å². The van der Waals surface area contributed by atoms with E-state index >= 15 is 0 Å². The molecule has 1 aliphatic carbocycles. The zero-order valence-corrected chi connectivity index (χ0v) is 11.5. The maximum Gasteiger partial charge on any atom is 0.261 e. The maximum absolute atomic E-state index is 12.0. The molecule has 0 heterocycles. The van der Waals surface area contributed by atoms with E-state index in [4.69, 9.17) is 10.5 Å². The van der Waals surface area contributed by atoms with Crippen LogP contribution in [0.15, 0.2) is 0 Å². The molecule has 2 atom stereocenters. The molecule has 0 aromatic rings. The standard InChI is InChI=1S/C13H24F2N2O2/c1-2-7-17-13(12(16)18)6-3-4-10(13)5-8-19-9-11(14)15/h10-11,17H,2-9H2,1H3,(H2,16,18). The fourth-order valence-corrected chi connectivity index (χ4v) is 2.86. The number of ether oxygens (including phenoxy) is 1. The van der Waals surface area contributed by atoms with E-state index in [0.29, 0.717) is 6.42 Å². The molecule has 0 aliphatic heterocycles. The summed E-state index contributed by atoms with van der Waals surface area (Å²) in [6, 6.07) is 0. The third-order valence-electron chi connectivity index (χ3n) is 3.81. The monoisotopic (exact) mass is 278 g/mol. The molecule has 0 aromatic heterocycles. The number of carbonyl (C=O) groups is 1. The first-order valence-corrected chi connectivity index (χ1v) is 6.93. The number of hydrogen-bond acceptors (Lipinski definition) is 3. The molecule has 19 heavy (non-hydrogen) atoms. The number of nitrogens with one attached hydrogen (secondary N) is 1. The molecule has 0 radical (unpaired) electrons. The van der Waals surface area contributed by atoms with Gasteiger partial charge in [0.15, 0.2) is 0 Å². The van der Waals surface area contributed by atoms with Crippen LogP contribution in [-0.4, -0.2) is 37.6 Å². The summed E-state index contributed by atoms with van der Waals surface area (Å²) < 4.78 is 28.8. The topological polar surface area (TPSA) is 64.3 Å². The molecule has 1 fully saturated rings. The highest BCUT2D eigenvalue weighted by molar-refractivity contribution is 5.85. The lowest BCUT2D eigenvalue weighted by Gasteiger charge is -2.33. The van der Waals surface area contributed by atoms with E-state index in [0.717, 1.165) is 32.2 Å². The Morgan fingerprint density at radius 3 is 2.89 bits per heavy atom. The number of nitrogens with two attached hydrogens (primary N) is 1. The molecular weight excluding hydrogens is 254 g/mol. The van der Waals surface area contributed by atoms with Crippen LogP contribution >= 0.6 is 0 Å². The second-order valence-corrected chi connectivity index (χ2v) is 5.11. The Hall–Kier alpha value is -0.750. The Kier molecular flexibility index (Phi) is 6.65. The summed E-state index contributed by atoms with van der Waals surface area (Å²) in [4.78, 5) is 11.8. The summed E-state index contributed by atoms with van der Waals surface area (Å²) in [5.41, 5.74) is 4.88. The summed E-state index contributed by atoms with van der Waals surface area (Å²) in [6.45, 7) is 2.46. The van der Waals surface area contributed by atoms with Crippen molar-refractivity contribution in [2.75, 3.05) is 19.8 Å². The predicted molar refractivity (Wildman–Crippen MR) is 69.0 cm³/mol. The first-order chi connectivity index (χ1) is 9.03. The molecular formula is C13H24F2N2O2. The van der Waals surface area contributed by atoms with Crippen molar-refractivity contribution in [1.82, 2.24) is 5.32 Å². The van der Waals surface area contributed by atoms with Crippen LogP contribution in [-0.2, 0) is 9.53 Å². The van der Waals surface area contributed by atoms with Gasteiger partial charge in [-0.2, -0.15) is 0 Å². The van der Waals surface area contributed by atoms with Crippen molar-refractivity contribution in [3.63, 3.8) is 0 Å². The molecule has 0 bridgehead atoms. The van der Waals surface area contributed by atoms with Crippen LogP contribution in [0.5, 0.6) is 0 Å². The third-order valence-corrected chi connectivity index (χ3v) is 3.81. The zero-order chi connectivity index (χ0) is 14.3. The van der Waals surface area contributed by atoms with Crippen LogP contribution in [0.25, 0.3) is 0 Å². The highest BCUT2D eigenvalue weighted by Crippen LogP contribution is 2.37. The van der Waals surface area contributed by atoms with Gasteiger partial charge in [0.05, 0.1) is 0 Å². The molecule has 0 aromatic carbocycles. The summed E-state index contributed by atoms with van der Waals surface area (Å²) >= 11 is 0. The van der Waals surface area contributed by atoms with E-state index in [9.17, 15) is 13.6 Å². The maximum atomic E-state index is 12.0. The lowest BCUT2D eigenvalue weighted by molar-refractivity contribution is -0.126. The highest BCUT2D eigenvalue weighted by atomic mass is 19.3. The minimum absolute atomic E-state index is 0.0780. The number of rotatable bonds is 9. The van der Waals surface area contributed by atoms with Gasteiger partial charge in [-0.3, -0.25) is 4.79 Å². The number of alkyl halides is 2. The second kappa shape index (κ2) is 7.75. The fraction of sp³-hybridized carbons (Fsp3) is 0.923. The largest absolute Gasteiger partial charge is 0.376 e. The van der Waals surface area contributed by atoms with Crippen LogP contribution < -0.4 is 11.1 Å². The van der Waals surface area contributed by atoms with Crippen LogP contribution in [0, 0.1) is 5.92 Å². The Morgan fingerprint density at radius 2 is 2.32 bits per heavy atom. The quantitative estimate of drug-likeness (QED) is 0.631. The average Bonchev–Trinajstić information content (AvgIpc) is 2.76. The lowest BCUT2D eigenvalue weighted by atomic mass is 9.84. The summed E-state index contributed by atoms with van der Waals surface area (Å²) in [5.74, 6) is -0.258. The van der Waals surface area contributed by atoms with Gasteiger partial charge in [0.2, 0.25) is 5.91 Å². The molecule has 1 amide bonds. The Morgan fingerprint density at radius 1 is 1.58 bits per heavy atom. The van der Waals surface area contributed by atoms with Crippen molar-refractivity contribution in [2.24, 2.45) is 11.7 Å². The molecule has 6 heteroatoms. The summed E-state index contributed by atoms with van der Waals surface area (Å²) in [7, 11) is 0. The van der Waals surface area contributed by atoms with Gasteiger partial charge < -0.3 is 15.8 Å². The minimum atomic E-state index is -2.44. The van der Waals surface area contributed by atoms with Gasteiger partial charge in [-0.25, -0.2) is 8.78 Å². The van der Waals surface area contributed by atoms with E-state index < -0.39 is 18.6 Å². The van der Waals surface area contributed by atoms with E-state index in [1.807, 2.05) is 6.92 Å². The fourth-order valence-electron chi connectivity index (χ4n) is 2.86. The number of carbonyl (C=O) groups excluding carboxylic acids is 1. The molecule has 0 spiro atoms. The van der Waals surface area contributed by atoms with Crippen LogP contribution in [0.4, 0.5) is 8.78 Å². The first kappa shape index (κ1) is 16.3. The molecule has 0 saturated heterocycles. The Labute approximate surface area is 113 Å². The Balaban J connectivity index is 2.51. The van der Waals surface area contributed by atoms with Crippen molar-refractivity contribution in [2.45, 2.75) is 51.0 Å². The van der Waals surface area contributed by atoms with E-state index in [1.54, 1.807) is 0 Å². The van der Waals surface area contributed by atoms with E-state index in [-0.39, 0.29) is 18.4 Å². The van der Waals surface area contributed by atoms with E-state index in [2.05, 4.69) is 5.32 Å².